The molecule has 22 nitrogen and oxygen atoms in total. The Labute approximate surface area is 487 Å². The van der Waals surface area contributed by atoms with Crippen molar-refractivity contribution in [2.24, 2.45) is 23.7 Å². The number of benzene rings is 1. The van der Waals surface area contributed by atoms with Crippen LogP contribution < -0.4 is 4.73 Å². The molecule has 7 rings (SSSR count). The third-order valence-corrected chi connectivity index (χ3v) is 18.4. The first-order chi connectivity index (χ1) is 39.2. The van der Waals surface area contributed by atoms with E-state index in [1.165, 1.54) is 30.9 Å². The van der Waals surface area contributed by atoms with E-state index >= 15 is 4.39 Å². The minimum atomic E-state index is -1.52. The minimum absolute atomic E-state index is 0.0517. The predicted molar refractivity (Wildman–Crippen MR) is 298 cm³/mol. The molecule has 20 atom stereocenters. The average molecular weight is 1170 g/mol. The molecule has 6 heterocycles. The summed E-state index contributed by atoms with van der Waals surface area (Å²) in [6, 6.07) is 8.90. The van der Waals surface area contributed by atoms with E-state index in [-0.39, 0.29) is 31.6 Å². The Hall–Kier alpha value is -4.79. The van der Waals surface area contributed by atoms with Gasteiger partial charge in [-0.2, -0.15) is 0 Å². The standard InChI is InChI=1S/C60H92FN6O16/c1-16-46-60(11)52(65(25-26-68)57(73)83-60)36(5)48(69)33(2)28-59(10,77-15)54(37(6)50(38(7)55(72)80-46)81-47-29-58(9,76-14)53(71)39(8)79-47)82-56-49(70)44(27-35(4)78-56)64(12)24-23-43-32-66(63-62-43)45(30-61)51(75-13)41-21-19-40(20-22-41)42-18-17-34(3)67(74)31-42/h17-22,31-33,35-39,44-47,49-54,56,68,70-71,74H,16,23-30H2,1-15H3/q+1/t33-,35-,36+,37+,38-,39+,44+,45-,46-,47+,49-,50+,51-,52-,53+,54-,56+,58-,59-,60-/m1/s1. The highest BCUT2D eigenvalue weighted by Crippen LogP contribution is 2.45. The second-order valence-corrected chi connectivity index (χ2v) is 24.2. The zero-order chi connectivity index (χ0) is 61.0. The van der Waals surface area contributed by atoms with E-state index in [9.17, 15) is 34.9 Å². The highest BCUT2D eigenvalue weighted by molar-refractivity contribution is 5.85. The topological polar surface area (TPSA) is 256 Å². The van der Waals surface area contributed by atoms with Gasteiger partial charge >= 0.3 is 12.1 Å². The van der Waals surface area contributed by atoms with Crippen molar-refractivity contribution >= 4 is 17.8 Å². The summed E-state index contributed by atoms with van der Waals surface area (Å²) in [6.45, 7) is 18.4. The van der Waals surface area contributed by atoms with Gasteiger partial charge in [0.05, 0.1) is 65.4 Å². The van der Waals surface area contributed by atoms with Gasteiger partial charge in [-0.25, -0.2) is 13.9 Å². The van der Waals surface area contributed by atoms with E-state index in [1.54, 1.807) is 74.7 Å². The van der Waals surface area contributed by atoms with Gasteiger partial charge in [0.15, 0.2) is 18.2 Å². The van der Waals surface area contributed by atoms with Crippen LogP contribution in [0, 0.1) is 30.6 Å². The van der Waals surface area contributed by atoms with Crippen LogP contribution in [0.3, 0.4) is 0 Å². The molecular weight excluding hydrogens is 1080 g/mol. The summed E-state index contributed by atoms with van der Waals surface area (Å²) in [5.41, 5.74) is -0.345. The van der Waals surface area contributed by atoms with Crippen molar-refractivity contribution in [3.8, 4) is 11.1 Å². The Morgan fingerprint density at radius 2 is 1.59 bits per heavy atom. The maximum absolute atomic E-state index is 15.0. The molecule has 0 saturated carbocycles. The monoisotopic (exact) mass is 1170 g/mol. The van der Waals surface area contributed by atoms with Gasteiger partial charge < -0.3 is 62.9 Å². The molecule has 83 heavy (non-hydrogen) atoms. The van der Waals surface area contributed by atoms with E-state index in [0.717, 1.165) is 21.4 Å². The molecule has 4 aliphatic heterocycles. The molecule has 1 amide bonds. The number of alkyl halides is 1. The number of halogens is 1. The van der Waals surface area contributed by atoms with E-state index in [1.807, 2.05) is 62.2 Å². The summed E-state index contributed by atoms with van der Waals surface area (Å²) >= 11 is 0. The van der Waals surface area contributed by atoms with Crippen LogP contribution in [0.5, 0.6) is 0 Å². The van der Waals surface area contributed by atoms with Gasteiger partial charge in [0.2, 0.25) is 11.9 Å². The predicted octanol–water partition coefficient (Wildman–Crippen LogP) is 5.50. The van der Waals surface area contributed by atoms with E-state index < -0.39 is 145 Å². The number of β-amino-alcohol motifs (C(OH)–C–C–N with tert-alkyl or cyclic N) is 1. The number of amides is 1. The minimum Gasteiger partial charge on any atom is -0.458 e. The maximum atomic E-state index is 15.0. The number of fused-ring (bicyclic) bond motifs is 1. The molecule has 3 aromatic rings. The summed E-state index contributed by atoms with van der Waals surface area (Å²) in [7, 11) is 6.39. The fourth-order valence-electron chi connectivity index (χ4n) is 13.3. The highest BCUT2D eigenvalue weighted by Gasteiger charge is 2.61. The second-order valence-electron chi connectivity index (χ2n) is 24.2. The fourth-order valence-corrected chi connectivity index (χ4v) is 13.3. The van der Waals surface area contributed by atoms with Gasteiger partial charge in [-0.3, -0.25) is 19.7 Å². The third-order valence-electron chi connectivity index (χ3n) is 18.4. The number of hydrogen-bond donors (Lipinski definition) is 4. The van der Waals surface area contributed by atoms with E-state index in [4.69, 9.17) is 42.6 Å². The molecule has 0 unspecified atom stereocenters. The number of carbonyl (C=O) groups excluding carboxylic acids is 3. The van der Waals surface area contributed by atoms with Gasteiger partial charge in [-0.1, -0.05) is 57.2 Å². The summed E-state index contributed by atoms with van der Waals surface area (Å²) < 4.78 is 75.2. The Balaban J connectivity index is 1.16. The number of ketones is 1. The number of aryl methyl sites for hydroxylation is 1. The molecule has 4 N–H and O–H groups in total. The number of likely N-dealkylation sites (N-methyl/N-ethyl adjacent to an activating group) is 1. The smallest absolute Gasteiger partial charge is 0.411 e. The molecular formula is C60H92FN6O16+. The van der Waals surface area contributed by atoms with Crippen LogP contribution in [0.1, 0.15) is 124 Å². The van der Waals surface area contributed by atoms with Crippen molar-refractivity contribution in [1.29, 1.82) is 0 Å². The molecule has 1 aromatic carbocycles. The van der Waals surface area contributed by atoms with Crippen LogP contribution in [0.4, 0.5) is 9.18 Å². The maximum Gasteiger partial charge on any atom is 0.411 e. The SMILES string of the molecule is CC[C@H]1OC(=O)[C@H](C)[C@@H](O[C@H]2C[C@@](C)(OC)[C@@H](O)[C@H](C)O2)[C@H](C)[C@@H](O[C@@H]2O[C@H](C)C[C@H](N(C)CCc3cn([C@H](CF)[C@H](OC)c4ccc(-c5ccc(C)[n+](O)c5)cc4)nn3)[C@H]2O)[C@](C)(OC)C[C@@H](C)C(=O)[C@H](C)[C@H]2N(CCO)C(=O)O[C@]12C. The third kappa shape index (κ3) is 13.8. The summed E-state index contributed by atoms with van der Waals surface area (Å²) in [5.74, 6) is -4.50. The van der Waals surface area contributed by atoms with Crippen LogP contribution in [-0.4, -0.2) is 202 Å². The van der Waals surface area contributed by atoms with Gasteiger partial charge in [-0.15, -0.1) is 5.10 Å². The number of aliphatic hydroxyl groups excluding tert-OH is 3. The number of hydrogen-bond acceptors (Lipinski definition) is 19. The molecule has 4 saturated heterocycles. The first kappa shape index (κ1) is 65.7. The van der Waals surface area contributed by atoms with Crippen LogP contribution >= 0.6 is 0 Å². The lowest BCUT2D eigenvalue weighted by atomic mass is 9.73. The fraction of sp³-hybridized carbons (Fsp3) is 0.733. The molecule has 0 bridgehead atoms. The van der Waals surface area contributed by atoms with Crippen LogP contribution in [-0.2, 0) is 58.6 Å². The molecule has 0 aliphatic carbocycles. The van der Waals surface area contributed by atoms with Crippen molar-refractivity contribution in [1.82, 2.24) is 24.8 Å². The highest BCUT2D eigenvalue weighted by atomic mass is 19.1. The molecule has 4 fully saturated rings. The number of pyridine rings is 1. The number of esters is 1. The number of ether oxygens (including phenoxy) is 9. The van der Waals surface area contributed by atoms with Crippen LogP contribution in [0.2, 0.25) is 0 Å². The summed E-state index contributed by atoms with van der Waals surface area (Å²) in [4.78, 5) is 46.9. The Kier molecular flexibility index (Phi) is 21.6. The van der Waals surface area contributed by atoms with E-state index in [0.29, 0.717) is 30.8 Å². The lowest BCUT2D eigenvalue weighted by molar-refractivity contribution is -0.908. The zero-order valence-corrected chi connectivity index (χ0v) is 51.0. The Bertz CT molecular complexity index is 2650. The number of nitrogens with zero attached hydrogens (tertiary/aromatic N) is 6. The van der Waals surface area contributed by atoms with Gasteiger partial charge in [0, 0.05) is 95.0 Å². The molecule has 464 valence electrons. The Morgan fingerprint density at radius 3 is 2.20 bits per heavy atom. The number of aromatic nitrogens is 4. The van der Waals surface area contributed by atoms with Crippen molar-refractivity contribution < 1.29 is 86.7 Å². The van der Waals surface area contributed by atoms with Gasteiger partial charge in [0.25, 0.3) is 0 Å². The number of cyclic esters (lactones) is 1. The summed E-state index contributed by atoms with van der Waals surface area (Å²) in [6.07, 6.45) is -6.07. The number of aliphatic hydroxyl groups is 3. The summed E-state index contributed by atoms with van der Waals surface area (Å²) in [5, 5.41) is 52.8. The van der Waals surface area contributed by atoms with Crippen molar-refractivity contribution in [3.63, 3.8) is 0 Å². The van der Waals surface area contributed by atoms with Gasteiger partial charge in [0.1, 0.15) is 42.9 Å². The molecule has 4 aliphatic rings. The molecule has 0 spiro atoms. The van der Waals surface area contributed by atoms with Crippen LogP contribution in [0.25, 0.3) is 11.1 Å². The second kappa shape index (κ2) is 27.3. The van der Waals surface area contributed by atoms with Crippen molar-refractivity contribution in [2.75, 3.05) is 54.7 Å². The number of methoxy groups -OCH3 is 3. The quantitative estimate of drug-likeness (QED) is 0.0656. The van der Waals surface area contributed by atoms with Crippen LogP contribution in [0.15, 0.2) is 48.8 Å². The molecule has 2 aromatic heterocycles. The van der Waals surface area contributed by atoms with Gasteiger partial charge in [-0.05, 0) is 85.0 Å². The first-order valence-corrected chi connectivity index (χ1v) is 29.2. The van der Waals surface area contributed by atoms with E-state index in [2.05, 4.69) is 10.3 Å². The lowest BCUT2D eigenvalue weighted by Gasteiger charge is -2.50. The Morgan fingerprint density at radius 1 is 0.916 bits per heavy atom. The molecule has 23 heteroatoms. The lowest BCUT2D eigenvalue weighted by Crippen LogP contribution is -2.62. The first-order valence-electron chi connectivity index (χ1n) is 29.2. The normalized spacial score (nSPS) is 36.5. The number of rotatable bonds is 19. The number of Topliss-reactive ketones (excluding diaryl/α,β-unsaturated/α-hetero) is 1. The largest absolute Gasteiger partial charge is 0.458 e. The zero-order valence-electron chi connectivity index (χ0n) is 51.0. The molecule has 0 radical (unpaired) electrons. The van der Waals surface area contributed by atoms with Crippen molar-refractivity contribution in [3.05, 3.63) is 65.7 Å². The van der Waals surface area contributed by atoms with Crippen molar-refractivity contribution in [2.45, 2.75) is 205 Å². The number of carbonyl (C=O) groups is 3. The average Bonchev–Trinajstić information content (AvgIpc) is 4.04.